The monoisotopic (exact) mass is 411 g/mol. The number of fused-ring (bicyclic) bond motifs is 1. The molecule has 2 heterocycles. The van der Waals surface area contributed by atoms with Crippen LogP contribution in [0.2, 0.25) is 0 Å². The first kappa shape index (κ1) is 19.7. The van der Waals surface area contributed by atoms with Crippen molar-refractivity contribution < 1.29 is 9.90 Å². The Hall–Kier alpha value is -3.28. The lowest BCUT2D eigenvalue weighted by molar-refractivity contribution is 0.0904. The van der Waals surface area contributed by atoms with E-state index in [1.165, 1.54) is 42.6 Å². The average molecular weight is 412 g/mol. The lowest BCUT2D eigenvalue weighted by Gasteiger charge is -2.14. The van der Waals surface area contributed by atoms with Crippen molar-refractivity contribution in [3.05, 3.63) is 77.9 Å². The van der Waals surface area contributed by atoms with Gasteiger partial charge in [-0.3, -0.25) is 9.69 Å². The zero-order valence-corrected chi connectivity index (χ0v) is 17.3. The summed E-state index contributed by atoms with van der Waals surface area (Å²) in [5.74, 6) is 0.463. The summed E-state index contributed by atoms with van der Waals surface area (Å²) < 4.78 is 0. The molecule has 0 bridgehead atoms. The highest BCUT2D eigenvalue weighted by Gasteiger charge is 2.12. The second kappa shape index (κ2) is 8.46. The first-order valence-corrected chi connectivity index (χ1v) is 10.8. The number of H-pyrrole nitrogens is 1. The molecule has 0 saturated carbocycles. The van der Waals surface area contributed by atoms with Gasteiger partial charge in [-0.05, 0) is 60.8 Å². The zero-order valence-electron chi connectivity index (χ0n) is 17.3. The number of hydrogen-bond donors (Lipinski definition) is 2. The minimum Gasteiger partial charge on any atom is -0.388 e. The van der Waals surface area contributed by atoms with Gasteiger partial charge in [-0.15, -0.1) is 0 Å². The van der Waals surface area contributed by atoms with E-state index in [9.17, 15) is 4.79 Å². The molecule has 1 aromatic heterocycles. The summed E-state index contributed by atoms with van der Waals surface area (Å²) in [4.78, 5) is 22.2. The van der Waals surface area contributed by atoms with Crippen LogP contribution in [0.25, 0.3) is 33.5 Å². The van der Waals surface area contributed by atoms with E-state index in [1.54, 1.807) is 18.2 Å². The molecule has 5 heteroatoms. The number of aromatic amines is 1. The Kier molecular flexibility index (Phi) is 5.37. The van der Waals surface area contributed by atoms with Crippen molar-refractivity contribution in [2.75, 3.05) is 19.7 Å². The third-order valence-corrected chi connectivity index (χ3v) is 6.00. The number of likely N-dealkylation sites (tertiary alicyclic amines) is 1. The molecule has 0 spiro atoms. The molecule has 156 valence electrons. The Morgan fingerprint density at radius 3 is 2.23 bits per heavy atom. The number of rotatable bonds is 6. The molecule has 0 amide bonds. The number of ketones is 1. The molecular weight excluding hydrogens is 386 g/mol. The molecule has 31 heavy (non-hydrogen) atoms. The highest BCUT2D eigenvalue weighted by Crippen LogP contribution is 2.26. The molecule has 5 nitrogen and oxygen atoms in total. The standard InChI is InChI=1S/C26H25N3O2/c30-17-25(31)22-11-12-23-24(15-22)28-26(27-23)21-9-7-20(8-10-21)19-5-3-18(4-6-19)16-29-13-1-2-14-29/h3-12,15,30H,1-2,13-14,16-17H2,(H,27,28). The summed E-state index contributed by atoms with van der Waals surface area (Å²) in [5.41, 5.74) is 6.78. The molecule has 0 atom stereocenters. The molecule has 3 aromatic carbocycles. The number of imidazole rings is 1. The van der Waals surface area contributed by atoms with Crippen molar-refractivity contribution in [3.8, 4) is 22.5 Å². The number of benzene rings is 3. The zero-order chi connectivity index (χ0) is 21.2. The Morgan fingerprint density at radius 1 is 0.903 bits per heavy atom. The number of nitrogens with one attached hydrogen (secondary N) is 1. The molecule has 1 aliphatic rings. The number of carbonyl (C=O) groups excluding carboxylic acids is 1. The van der Waals surface area contributed by atoms with Gasteiger partial charge >= 0.3 is 0 Å². The van der Waals surface area contributed by atoms with E-state index < -0.39 is 6.61 Å². The maximum absolute atomic E-state index is 11.7. The fourth-order valence-electron chi connectivity index (χ4n) is 4.23. The van der Waals surface area contributed by atoms with Gasteiger partial charge in [0.15, 0.2) is 5.78 Å². The Morgan fingerprint density at radius 2 is 1.55 bits per heavy atom. The van der Waals surface area contributed by atoms with Crippen molar-refractivity contribution in [1.82, 2.24) is 14.9 Å². The normalized spacial score (nSPS) is 14.4. The van der Waals surface area contributed by atoms with Gasteiger partial charge in [-0.2, -0.15) is 0 Å². The minimum absolute atomic E-state index is 0.297. The van der Waals surface area contributed by atoms with Crippen LogP contribution in [0, 0.1) is 0 Å². The van der Waals surface area contributed by atoms with Gasteiger partial charge in [-0.1, -0.05) is 48.5 Å². The molecule has 0 radical (unpaired) electrons. The SMILES string of the molecule is O=C(CO)c1ccc2nc(-c3ccc(-c4ccc(CN5CCCC5)cc4)cc3)[nH]c2c1. The fraction of sp³-hybridized carbons (Fsp3) is 0.231. The van der Waals surface area contributed by atoms with E-state index in [1.807, 2.05) is 0 Å². The van der Waals surface area contributed by atoms with Crippen LogP contribution in [0.4, 0.5) is 0 Å². The summed E-state index contributed by atoms with van der Waals surface area (Å²) in [6.07, 6.45) is 2.63. The van der Waals surface area contributed by atoms with Crippen molar-refractivity contribution in [2.24, 2.45) is 0 Å². The molecule has 1 saturated heterocycles. The van der Waals surface area contributed by atoms with E-state index in [0.29, 0.717) is 5.56 Å². The largest absolute Gasteiger partial charge is 0.388 e. The smallest absolute Gasteiger partial charge is 0.188 e. The van der Waals surface area contributed by atoms with Gasteiger partial charge in [0, 0.05) is 17.7 Å². The van der Waals surface area contributed by atoms with Crippen molar-refractivity contribution in [3.63, 3.8) is 0 Å². The number of Topliss-reactive ketones (excluding diaryl/α,β-unsaturated/α-hetero) is 1. The highest BCUT2D eigenvalue weighted by atomic mass is 16.3. The lowest BCUT2D eigenvalue weighted by atomic mass is 10.0. The Labute approximate surface area is 181 Å². The summed E-state index contributed by atoms with van der Waals surface area (Å²) in [6, 6.07) is 22.4. The number of aliphatic hydroxyl groups is 1. The number of aromatic nitrogens is 2. The van der Waals surface area contributed by atoms with Crippen LogP contribution in [0.1, 0.15) is 28.8 Å². The van der Waals surface area contributed by atoms with E-state index in [4.69, 9.17) is 5.11 Å². The van der Waals surface area contributed by atoms with Gasteiger partial charge in [0.05, 0.1) is 11.0 Å². The van der Waals surface area contributed by atoms with Gasteiger partial charge in [0.1, 0.15) is 12.4 Å². The van der Waals surface area contributed by atoms with Gasteiger partial charge < -0.3 is 10.1 Å². The van der Waals surface area contributed by atoms with Gasteiger partial charge in [0.2, 0.25) is 0 Å². The van der Waals surface area contributed by atoms with Crippen LogP contribution in [0.3, 0.4) is 0 Å². The predicted molar refractivity (Wildman–Crippen MR) is 123 cm³/mol. The highest BCUT2D eigenvalue weighted by molar-refractivity contribution is 5.99. The molecular formula is C26H25N3O2. The number of nitrogens with zero attached hydrogens (tertiary/aromatic N) is 2. The van der Waals surface area contributed by atoms with Gasteiger partial charge in [0.25, 0.3) is 0 Å². The number of aliphatic hydroxyl groups excluding tert-OH is 1. The molecule has 0 aliphatic carbocycles. The Balaban J connectivity index is 1.34. The summed E-state index contributed by atoms with van der Waals surface area (Å²) in [7, 11) is 0. The average Bonchev–Trinajstić information content (AvgIpc) is 3.48. The topological polar surface area (TPSA) is 69.2 Å². The molecule has 0 unspecified atom stereocenters. The van der Waals surface area contributed by atoms with Gasteiger partial charge in [-0.25, -0.2) is 4.98 Å². The third-order valence-electron chi connectivity index (χ3n) is 6.00. The van der Waals surface area contributed by atoms with Crippen LogP contribution in [0.15, 0.2) is 66.7 Å². The van der Waals surface area contributed by atoms with Crippen LogP contribution in [-0.2, 0) is 6.54 Å². The van der Waals surface area contributed by atoms with E-state index in [-0.39, 0.29) is 5.78 Å². The van der Waals surface area contributed by atoms with Crippen LogP contribution in [-0.4, -0.2) is 45.5 Å². The quantitative estimate of drug-likeness (QED) is 0.453. The summed E-state index contributed by atoms with van der Waals surface area (Å²) >= 11 is 0. The predicted octanol–water partition coefficient (Wildman–Crippen LogP) is 4.67. The molecule has 1 fully saturated rings. The van der Waals surface area contributed by atoms with Crippen molar-refractivity contribution >= 4 is 16.8 Å². The fourth-order valence-corrected chi connectivity index (χ4v) is 4.23. The molecule has 5 rings (SSSR count). The first-order valence-electron chi connectivity index (χ1n) is 10.8. The maximum Gasteiger partial charge on any atom is 0.188 e. The molecule has 4 aromatic rings. The second-order valence-corrected chi connectivity index (χ2v) is 8.16. The van der Waals surface area contributed by atoms with Crippen molar-refractivity contribution in [1.29, 1.82) is 0 Å². The second-order valence-electron chi connectivity index (χ2n) is 8.16. The summed E-state index contributed by atoms with van der Waals surface area (Å²) in [5, 5.41) is 9.06. The van der Waals surface area contributed by atoms with E-state index in [2.05, 4.69) is 63.4 Å². The maximum atomic E-state index is 11.7. The number of hydrogen-bond acceptors (Lipinski definition) is 4. The van der Waals surface area contributed by atoms with E-state index >= 15 is 0 Å². The van der Waals surface area contributed by atoms with Crippen LogP contribution in [0.5, 0.6) is 0 Å². The van der Waals surface area contributed by atoms with Crippen LogP contribution < -0.4 is 0 Å². The molecule has 1 aliphatic heterocycles. The van der Waals surface area contributed by atoms with E-state index in [0.717, 1.165) is 29.0 Å². The summed E-state index contributed by atoms with van der Waals surface area (Å²) in [6.45, 7) is 2.97. The molecule has 2 N–H and O–H groups in total. The van der Waals surface area contributed by atoms with Crippen molar-refractivity contribution in [2.45, 2.75) is 19.4 Å². The first-order chi connectivity index (χ1) is 15.2. The lowest BCUT2D eigenvalue weighted by Crippen LogP contribution is -2.18. The third kappa shape index (κ3) is 4.15. The minimum atomic E-state index is -0.493. The van der Waals surface area contributed by atoms with Crippen LogP contribution >= 0.6 is 0 Å². The Bertz CT molecular complexity index is 1200. The number of carbonyl (C=O) groups is 1.